The molecule has 0 saturated heterocycles. The molecule has 0 fully saturated rings. The van der Waals surface area contributed by atoms with Gasteiger partial charge >= 0.3 is 5.97 Å². The average Bonchev–Trinajstić information content (AvgIpc) is 3.22. The summed E-state index contributed by atoms with van der Waals surface area (Å²) in [6.07, 6.45) is 2.75. The van der Waals surface area contributed by atoms with Crippen LogP contribution in [0, 0.1) is 11.6 Å². The van der Waals surface area contributed by atoms with E-state index in [9.17, 15) is 13.6 Å². The number of benzene rings is 2. The van der Waals surface area contributed by atoms with Crippen LogP contribution < -0.4 is 0 Å². The molecule has 0 aliphatic carbocycles. The van der Waals surface area contributed by atoms with Gasteiger partial charge in [-0.1, -0.05) is 18.2 Å². The van der Waals surface area contributed by atoms with Crippen molar-refractivity contribution >= 4 is 22.5 Å². The van der Waals surface area contributed by atoms with Crippen LogP contribution in [0.1, 0.15) is 27.8 Å². The predicted octanol–water partition coefficient (Wildman–Crippen LogP) is 5.58. The molecule has 0 spiro atoms. The first kappa shape index (κ1) is 19.7. The summed E-state index contributed by atoms with van der Waals surface area (Å²) < 4.78 is 45.6. The van der Waals surface area contributed by atoms with E-state index in [0.717, 1.165) is 29.1 Å². The zero-order valence-electron chi connectivity index (χ0n) is 16.3. The molecule has 1 unspecified atom stereocenters. The lowest BCUT2D eigenvalue weighted by atomic mass is 10.0. The standard InChI is InChI=1S/C24H14F3N3O2/c25-18-9-13(3-5-17(18)24(31)32)16-10-19(26)23-29-11-21(30(23)12-16)22(27)15-4-6-20-14(8-15)2-1-7-28-20/h1-12,22H,(H,31,32). The molecule has 32 heavy (non-hydrogen) atoms. The van der Waals surface area contributed by atoms with Crippen LogP contribution in [0.15, 0.2) is 73.2 Å². The Labute approximate surface area is 179 Å². The number of alkyl halides is 1. The first-order chi connectivity index (χ1) is 15.4. The minimum atomic E-state index is -1.60. The molecule has 1 atom stereocenters. The molecular weight excluding hydrogens is 419 g/mol. The highest BCUT2D eigenvalue weighted by Gasteiger charge is 2.21. The van der Waals surface area contributed by atoms with Gasteiger partial charge in [0.2, 0.25) is 0 Å². The number of pyridine rings is 2. The number of imidazole rings is 1. The molecule has 0 aliphatic rings. The number of fused-ring (bicyclic) bond motifs is 2. The Morgan fingerprint density at radius 1 is 0.969 bits per heavy atom. The van der Waals surface area contributed by atoms with Crippen molar-refractivity contribution in [2.24, 2.45) is 0 Å². The third kappa shape index (κ3) is 3.26. The lowest BCUT2D eigenvalue weighted by Gasteiger charge is -2.11. The monoisotopic (exact) mass is 433 g/mol. The van der Waals surface area contributed by atoms with Gasteiger partial charge in [0, 0.05) is 23.3 Å². The number of hydrogen-bond donors (Lipinski definition) is 1. The van der Waals surface area contributed by atoms with Crippen LogP contribution in [0.25, 0.3) is 27.7 Å². The zero-order chi connectivity index (χ0) is 22.4. The van der Waals surface area contributed by atoms with Crippen molar-refractivity contribution in [2.75, 3.05) is 0 Å². The fourth-order valence-corrected chi connectivity index (χ4v) is 3.70. The van der Waals surface area contributed by atoms with E-state index in [4.69, 9.17) is 5.11 Å². The van der Waals surface area contributed by atoms with Crippen LogP contribution in [0.2, 0.25) is 0 Å². The van der Waals surface area contributed by atoms with Gasteiger partial charge in [-0.05, 0) is 47.5 Å². The van der Waals surface area contributed by atoms with E-state index in [1.165, 1.54) is 22.9 Å². The van der Waals surface area contributed by atoms with Crippen molar-refractivity contribution in [3.63, 3.8) is 0 Å². The Morgan fingerprint density at radius 3 is 2.56 bits per heavy atom. The van der Waals surface area contributed by atoms with E-state index >= 15 is 4.39 Å². The number of carbonyl (C=O) groups is 1. The van der Waals surface area contributed by atoms with Gasteiger partial charge in [-0.3, -0.25) is 9.38 Å². The van der Waals surface area contributed by atoms with Crippen molar-refractivity contribution in [1.29, 1.82) is 0 Å². The van der Waals surface area contributed by atoms with Gasteiger partial charge in [-0.2, -0.15) is 0 Å². The fourth-order valence-electron chi connectivity index (χ4n) is 3.70. The van der Waals surface area contributed by atoms with Gasteiger partial charge < -0.3 is 5.11 Å². The highest BCUT2D eigenvalue weighted by molar-refractivity contribution is 5.88. The Bertz CT molecular complexity index is 1510. The number of nitrogens with zero attached hydrogens (tertiary/aromatic N) is 3. The number of carboxylic acid groups (broad SMARTS) is 1. The largest absolute Gasteiger partial charge is 0.478 e. The minimum absolute atomic E-state index is 0.0727. The molecule has 1 N–H and O–H groups in total. The van der Waals surface area contributed by atoms with Gasteiger partial charge in [0.25, 0.3) is 0 Å². The van der Waals surface area contributed by atoms with E-state index in [0.29, 0.717) is 5.56 Å². The summed E-state index contributed by atoms with van der Waals surface area (Å²) in [5, 5.41) is 9.76. The maximum atomic E-state index is 15.5. The van der Waals surface area contributed by atoms with E-state index in [2.05, 4.69) is 9.97 Å². The predicted molar refractivity (Wildman–Crippen MR) is 112 cm³/mol. The molecule has 5 rings (SSSR count). The maximum absolute atomic E-state index is 15.5. The number of halogens is 3. The summed E-state index contributed by atoms with van der Waals surface area (Å²) in [6, 6.07) is 13.2. The third-order valence-electron chi connectivity index (χ3n) is 5.30. The molecule has 2 aromatic carbocycles. The van der Waals surface area contributed by atoms with Crippen LogP contribution >= 0.6 is 0 Å². The first-order valence-corrected chi connectivity index (χ1v) is 9.61. The second-order valence-electron chi connectivity index (χ2n) is 7.27. The van der Waals surface area contributed by atoms with Crippen LogP contribution in [0.4, 0.5) is 13.2 Å². The van der Waals surface area contributed by atoms with E-state index in [1.54, 1.807) is 30.5 Å². The Morgan fingerprint density at radius 2 is 1.78 bits per heavy atom. The Kier molecular flexibility index (Phi) is 4.62. The lowest BCUT2D eigenvalue weighted by molar-refractivity contribution is 0.0692. The van der Waals surface area contributed by atoms with Gasteiger partial charge in [0.15, 0.2) is 17.6 Å². The van der Waals surface area contributed by atoms with Crippen LogP contribution in [0.5, 0.6) is 0 Å². The number of aromatic carboxylic acids is 1. The maximum Gasteiger partial charge on any atom is 0.338 e. The van der Waals surface area contributed by atoms with Crippen LogP contribution in [-0.4, -0.2) is 25.4 Å². The molecule has 3 heterocycles. The molecule has 0 aliphatic heterocycles. The number of carboxylic acids is 1. The molecule has 3 aromatic heterocycles. The first-order valence-electron chi connectivity index (χ1n) is 9.61. The van der Waals surface area contributed by atoms with Crippen LogP contribution in [-0.2, 0) is 0 Å². The van der Waals surface area contributed by atoms with Gasteiger partial charge in [0.1, 0.15) is 5.82 Å². The molecule has 0 bridgehead atoms. The SMILES string of the molecule is O=C(O)c1ccc(-c2cc(F)c3ncc(C(F)c4ccc5ncccc5c4)n3c2)cc1F. The second-order valence-corrected chi connectivity index (χ2v) is 7.27. The van der Waals surface area contributed by atoms with Crippen molar-refractivity contribution < 1.29 is 23.1 Å². The lowest BCUT2D eigenvalue weighted by Crippen LogP contribution is -2.02. The second kappa shape index (κ2) is 7.49. The molecule has 0 saturated carbocycles. The molecule has 0 amide bonds. The molecule has 5 nitrogen and oxygen atoms in total. The average molecular weight is 433 g/mol. The van der Waals surface area contributed by atoms with Crippen molar-refractivity contribution in [2.45, 2.75) is 6.17 Å². The van der Waals surface area contributed by atoms with Gasteiger partial charge in [-0.15, -0.1) is 0 Å². The fraction of sp³-hybridized carbons (Fsp3) is 0.0417. The molecule has 0 radical (unpaired) electrons. The molecule has 5 aromatic rings. The summed E-state index contributed by atoms with van der Waals surface area (Å²) in [7, 11) is 0. The van der Waals surface area contributed by atoms with E-state index < -0.39 is 29.3 Å². The molecule has 8 heteroatoms. The number of aromatic nitrogens is 3. The topological polar surface area (TPSA) is 67.5 Å². The quantitative estimate of drug-likeness (QED) is 0.402. The summed E-state index contributed by atoms with van der Waals surface area (Å²) in [6.45, 7) is 0. The summed E-state index contributed by atoms with van der Waals surface area (Å²) in [5.41, 5.74) is 1.12. The third-order valence-corrected chi connectivity index (χ3v) is 5.30. The highest BCUT2D eigenvalue weighted by atomic mass is 19.1. The molecule has 158 valence electrons. The van der Waals surface area contributed by atoms with Crippen molar-refractivity contribution in [3.05, 3.63) is 102 Å². The minimum Gasteiger partial charge on any atom is -0.478 e. The molecular formula is C24H14F3N3O2. The zero-order valence-corrected chi connectivity index (χ0v) is 16.3. The Hall–Kier alpha value is -4.20. The number of rotatable bonds is 4. The smallest absolute Gasteiger partial charge is 0.338 e. The van der Waals surface area contributed by atoms with Crippen molar-refractivity contribution in [3.8, 4) is 11.1 Å². The van der Waals surface area contributed by atoms with E-state index in [1.807, 2.05) is 6.07 Å². The number of hydrogen-bond acceptors (Lipinski definition) is 3. The summed E-state index contributed by atoms with van der Waals surface area (Å²) in [5.74, 6) is -3.07. The van der Waals surface area contributed by atoms with Crippen LogP contribution in [0.3, 0.4) is 0 Å². The Balaban J connectivity index is 1.61. The summed E-state index contributed by atoms with van der Waals surface area (Å²) >= 11 is 0. The normalized spacial score (nSPS) is 12.3. The highest BCUT2D eigenvalue weighted by Crippen LogP contribution is 2.31. The van der Waals surface area contributed by atoms with Crippen molar-refractivity contribution in [1.82, 2.24) is 14.4 Å². The van der Waals surface area contributed by atoms with E-state index in [-0.39, 0.29) is 22.5 Å². The van der Waals surface area contributed by atoms with Gasteiger partial charge in [0.05, 0.1) is 23.0 Å². The van der Waals surface area contributed by atoms with Gasteiger partial charge in [-0.25, -0.2) is 22.9 Å². The summed E-state index contributed by atoms with van der Waals surface area (Å²) in [4.78, 5) is 19.3.